The van der Waals surface area contributed by atoms with Crippen LogP contribution < -0.4 is 0 Å². The number of fused-ring (bicyclic) bond motifs is 1. The fraction of sp³-hybridized carbons (Fsp3) is 0.846. The Hall–Kier alpha value is -0.940. The molecule has 2 atom stereocenters. The van der Waals surface area contributed by atoms with Crippen LogP contribution in [0.5, 0.6) is 0 Å². The van der Waals surface area contributed by atoms with Crippen LogP contribution in [-0.2, 0) is 13.0 Å². The molecule has 0 spiro atoms. The Bertz CT molecular complexity index is 429. The average molecular weight is 250 g/mol. The number of hydrogen-bond acceptors (Lipinski definition) is 4. The number of likely N-dealkylation sites (tertiary alicyclic amines) is 1. The van der Waals surface area contributed by atoms with E-state index in [0.29, 0.717) is 18.5 Å². The maximum Gasteiger partial charge on any atom is 0.137 e. The van der Waals surface area contributed by atoms with Crippen molar-refractivity contribution in [3.05, 3.63) is 11.6 Å². The van der Waals surface area contributed by atoms with Crippen molar-refractivity contribution in [3.8, 4) is 0 Å². The number of rotatable bonds is 2. The van der Waals surface area contributed by atoms with Gasteiger partial charge >= 0.3 is 0 Å². The molecule has 0 radical (unpaired) electrons. The van der Waals surface area contributed by atoms with Crippen molar-refractivity contribution in [2.75, 3.05) is 13.1 Å². The molecule has 2 aliphatic heterocycles. The molecule has 1 N–H and O–H groups in total. The summed E-state index contributed by atoms with van der Waals surface area (Å²) < 4.78 is 2.16. The summed E-state index contributed by atoms with van der Waals surface area (Å²) in [6.45, 7) is 7.38. The fourth-order valence-electron chi connectivity index (χ4n) is 3.10. The van der Waals surface area contributed by atoms with Gasteiger partial charge in [0.1, 0.15) is 11.6 Å². The van der Waals surface area contributed by atoms with Crippen molar-refractivity contribution in [1.82, 2.24) is 19.7 Å². The van der Waals surface area contributed by atoms with Crippen LogP contribution in [0.2, 0.25) is 0 Å². The van der Waals surface area contributed by atoms with Gasteiger partial charge in [-0.3, -0.25) is 0 Å². The molecule has 18 heavy (non-hydrogen) atoms. The van der Waals surface area contributed by atoms with Crippen molar-refractivity contribution < 1.29 is 5.11 Å². The Labute approximate surface area is 108 Å². The van der Waals surface area contributed by atoms with Crippen LogP contribution in [0.25, 0.3) is 0 Å². The highest BCUT2D eigenvalue weighted by Gasteiger charge is 2.31. The van der Waals surface area contributed by atoms with Crippen molar-refractivity contribution in [2.24, 2.45) is 0 Å². The lowest BCUT2D eigenvalue weighted by Gasteiger charge is -2.23. The van der Waals surface area contributed by atoms with Gasteiger partial charge in [-0.1, -0.05) is 0 Å². The minimum atomic E-state index is -0.227. The molecule has 5 nitrogen and oxygen atoms in total. The molecule has 3 rings (SSSR count). The Morgan fingerprint density at radius 2 is 2.06 bits per heavy atom. The summed E-state index contributed by atoms with van der Waals surface area (Å²) >= 11 is 0. The second-order valence-electron chi connectivity index (χ2n) is 5.85. The van der Waals surface area contributed by atoms with E-state index in [1.54, 1.807) is 0 Å². The van der Waals surface area contributed by atoms with Crippen molar-refractivity contribution >= 4 is 0 Å². The second kappa shape index (κ2) is 4.63. The Morgan fingerprint density at radius 3 is 2.78 bits per heavy atom. The third-order valence-corrected chi connectivity index (χ3v) is 4.27. The molecule has 0 saturated carbocycles. The minimum absolute atomic E-state index is 0.227. The second-order valence-corrected chi connectivity index (χ2v) is 5.85. The minimum Gasteiger partial charge on any atom is -0.391 e. The molecule has 1 aromatic rings. The van der Waals surface area contributed by atoms with E-state index in [1.807, 2.05) is 0 Å². The zero-order valence-electron chi connectivity index (χ0n) is 11.2. The van der Waals surface area contributed by atoms with Crippen molar-refractivity contribution in [2.45, 2.75) is 57.7 Å². The first-order valence-corrected chi connectivity index (χ1v) is 6.99. The zero-order valence-corrected chi connectivity index (χ0v) is 11.2. The normalized spacial score (nSPS) is 28.9. The quantitative estimate of drug-likeness (QED) is 0.843. The fourth-order valence-corrected chi connectivity index (χ4v) is 3.10. The van der Waals surface area contributed by atoms with E-state index in [-0.39, 0.29) is 6.10 Å². The lowest BCUT2D eigenvalue weighted by molar-refractivity contribution is 0.128. The summed E-state index contributed by atoms with van der Waals surface area (Å²) in [6, 6.07) is 0.601. The van der Waals surface area contributed by atoms with Crippen LogP contribution in [0.4, 0.5) is 0 Å². The molecule has 5 heteroatoms. The monoisotopic (exact) mass is 250 g/mol. The zero-order chi connectivity index (χ0) is 12.7. The molecule has 2 unspecified atom stereocenters. The largest absolute Gasteiger partial charge is 0.391 e. The third kappa shape index (κ3) is 2.06. The van der Waals surface area contributed by atoms with Gasteiger partial charge in [-0.2, -0.15) is 0 Å². The predicted molar refractivity (Wildman–Crippen MR) is 68.4 cm³/mol. The molecule has 2 aliphatic rings. The standard InChI is InChI=1S/C13H22N4O/c1-9(2)16-6-5-10(7-16)13-15-14-12-4-3-11(18)8-17(12)13/h9-11,18H,3-8H2,1-2H3. The van der Waals surface area contributed by atoms with Gasteiger partial charge in [-0.05, 0) is 33.2 Å². The van der Waals surface area contributed by atoms with Crippen LogP contribution in [0.15, 0.2) is 0 Å². The van der Waals surface area contributed by atoms with E-state index in [0.717, 1.165) is 44.0 Å². The summed E-state index contributed by atoms with van der Waals surface area (Å²) in [4.78, 5) is 2.49. The van der Waals surface area contributed by atoms with Gasteiger partial charge in [-0.15, -0.1) is 10.2 Å². The molecule has 1 saturated heterocycles. The van der Waals surface area contributed by atoms with Gasteiger partial charge in [-0.25, -0.2) is 0 Å². The number of nitrogens with zero attached hydrogens (tertiary/aromatic N) is 4. The number of aliphatic hydroxyl groups is 1. The van der Waals surface area contributed by atoms with Gasteiger partial charge in [0.25, 0.3) is 0 Å². The van der Waals surface area contributed by atoms with Crippen molar-refractivity contribution in [3.63, 3.8) is 0 Å². The average Bonchev–Trinajstić information content (AvgIpc) is 2.93. The number of hydrogen-bond donors (Lipinski definition) is 1. The van der Waals surface area contributed by atoms with Crippen LogP contribution in [0.1, 0.15) is 44.3 Å². The molecule has 1 fully saturated rings. The highest BCUT2D eigenvalue weighted by molar-refractivity contribution is 5.08. The molecule has 0 bridgehead atoms. The molecule has 3 heterocycles. The molecule has 0 amide bonds. The summed E-state index contributed by atoms with van der Waals surface area (Å²) in [5.41, 5.74) is 0. The van der Waals surface area contributed by atoms with Crippen LogP contribution in [-0.4, -0.2) is 50.0 Å². The van der Waals surface area contributed by atoms with E-state index in [2.05, 4.69) is 33.5 Å². The van der Waals surface area contributed by atoms with E-state index in [4.69, 9.17) is 0 Å². The molecular formula is C13H22N4O. The Kier molecular flexibility index (Phi) is 3.11. The van der Waals surface area contributed by atoms with Crippen LogP contribution in [0.3, 0.4) is 0 Å². The first-order chi connectivity index (χ1) is 8.65. The first kappa shape index (κ1) is 12.1. The van der Waals surface area contributed by atoms with E-state index in [9.17, 15) is 5.11 Å². The molecule has 0 aromatic carbocycles. The lowest BCUT2D eigenvalue weighted by Crippen LogP contribution is -2.29. The molecule has 0 aliphatic carbocycles. The summed E-state index contributed by atoms with van der Waals surface area (Å²) in [6.07, 6.45) is 2.61. The highest BCUT2D eigenvalue weighted by Crippen LogP contribution is 2.29. The van der Waals surface area contributed by atoms with Gasteiger partial charge in [0.2, 0.25) is 0 Å². The number of aliphatic hydroxyl groups excluding tert-OH is 1. The van der Waals surface area contributed by atoms with Gasteiger partial charge in [0.15, 0.2) is 0 Å². The third-order valence-electron chi connectivity index (χ3n) is 4.27. The smallest absolute Gasteiger partial charge is 0.137 e. The predicted octanol–water partition coefficient (Wildman–Crippen LogP) is 0.783. The summed E-state index contributed by atoms with van der Waals surface area (Å²) in [7, 11) is 0. The van der Waals surface area contributed by atoms with Gasteiger partial charge < -0.3 is 14.6 Å². The first-order valence-electron chi connectivity index (χ1n) is 6.99. The lowest BCUT2D eigenvalue weighted by atomic mass is 10.1. The summed E-state index contributed by atoms with van der Waals surface area (Å²) in [5, 5.41) is 18.5. The maximum absolute atomic E-state index is 9.79. The van der Waals surface area contributed by atoms with Gasteiger partial charge in [0.05, 0.1) is 12.6 Å². The summed E-state index contributed by atoms with van der Waals surface area (Å²) in [5.74, 6) is 2.63. The van der Waals surface area contributed by atoms with Gasteiger partial charge in [0, 0.05) is 24.9 Å². The Balaban J connectivity index is 1.80. The SMILES string of the molecule is CC(C)N1CCC(c2nnc3n2CC(O)CC3)C1. The highest BCUT2D eigenvalue weighted by atomic mass is 16.3. The molecule has 100 valence electrons. The van der Waals surface area contributed by atoms with E-state index >= 15 is 0 Å². The van der Waals surface area contributed by atoms with E-state index in [1.165, 1.54) is 0 Å². The Morgan fingerprint density at radius 1 is 1.22 bits per heavy atom. The van der Waals surface area contributed by atoms with Crippen molar-refractivity contribution in [1.29, 1.82) is 0 Å². The maximum atomic E-state index is 9.79. The van der Waals surface area contributed by atoms with Crippen LogP contribution in [0, 0.1) is 0 Å². The van der Waals surface area contributed by atoms with Crippen LogP contribution >= 0.6 is 0 Å². The van der Waals surface area contributed by atoms with E-state index < -0.39 is 0 Å². The number of aromatic nitrogens is 3. The topological polar surface area (TPSA) is 54.2 Å². The molecule has 1 aromatic heterocycles. The molecular weight excluding hydrogens is 228 g/mol. The number of aryl methyl sites for hydroxylation is 1.